The predicted octanol–water partition coefficient (Wildman–Crippen LogP) is 2.75. The average Bonchev–Trinajstić information content (AvgIpc) is 3.32. The van der Waals surface area contributed by atoms with Crippen molar-refractivity contribution in [1.29, 1.82) is 0 Å². The highest BCUT2D eigenvalue weighted by Crippen LogP contribution is 2.26. The molecule has 1 atom stereocenters. The second-order valence-electron chi connectivity index (χ2n) is 8.30. The number of nitrogens with zero attached hydrogens (tertiary/aromatic N) is 2. The standard InChI is InChI=1S/C25H34N4O2/c1-28(2)22-14-12-21(13-15-22)23(29-17-6-7-18-29)19-27-25(31)24(30)26-16-8-11-20-9-4-3-5-10-20/h3-5,9-10,12-15,23H,6-8,11,16-19H2,1-2H3,(H,26,30)(H,27,31)/t23-/m1/s1. The molecule has 0 aliphatic carbocycles. The van der Waals surface area contributed by atoms with Gasteiger partial charge in [0.2, 0.25) is 0 Å². The van der Waals surface area contributed by atoms with E-state index in [0.717, 1.165) is 37.2 Å². The lowest BCUT2D eigenvalue weighted by Gasteiger charge is -2.28. The smallest absolute Gasteiger partial charge is 0.309 e. The van der Waals surface area contributed by atoms with Crippen molar-refractivity contribution in [3.05, 3.63) is 65.7 Å². The summed E-state index contributed by atoms with van der Waals surface area (Å²) in [6.45, 7) is 2.95. The zero-order valence-corrected chi connectivity index (χ0v) is 18.6. The predicted molar refractivity (Wildman–Crippen MR) is 125 cm³/mol. The van der Waals surface area contributed by atoms with Crippen LogP contribution in [-0.4, -0.2) is 57.0 Å². The molecular weight excluding hydrogens is 388 g/mol. The van der Waals surface area contributed by atoms with E-state index in [4.69, 9.17) is 0 Å². The Labute approximate surface area is 185 Å². The van der Waals surface area contributed by atoms with Crippen LogP contribution < -0.4 is 15.5 Å². The molecule has 0 aromatic heterocycles. The monoisotopic (exact) mass is 422 g/mol. The van der Waals surface area contributed by atoms with Gasteiger partial charge in [-0.25, -0.2) is 0 Å². The van der Waals surface area contributed by atoms with E-state index >= 15 is 0 Å². The average molecular weight is 423 g/mol. The van der Waals surface area contributed by atoms with Gasteiger partial charge in [-0.3, -0.25) is 14.5 Å². The number of hydrogen-bond donors (Lipinski definition) is 2. The molecule has 2 aromatic carbocycles. The van der Waals surface area contributed by atoms with Crippen molar-refractivity contribution in [1.82, 2.24) is 15.5 Å². The molecule has 1 saturated heterocycles. The van der Waals surface area contributed by atoms with Crippen molar-refractivity contribution >= 4 is 17.5 Å². The molecule has 0 saturated carbocycles. The fourth-order valence-corrected chi connectivity index (χ4v) is 3.99. The highest BCUT2D eigenvalue weighted by molar-refractivity contribution is 6.35. The van der Waals surface area contributed by atoms with Crippen LogP contribution in [0, 0.1) is 0 Å². The van der Waals surface area contributed by atoms with Gasteiger partial charge < -0.3 is 15.5 Å². The molecule has 6 nitrogen and oxygen atoms in total. The number of amides is 2. The minimum atomic E-state index is -0.561. The molecule has 0 radical (unpaired) electrons. The molecule has 2 N–H and O–H groups in total. The maximum Gasteiger partial charge on any atom is 0.309 e. The van der Waals surface area contributed by atoms with E-state index in [1.807, 2.05) is 32.3 Å². The summed E-state index contributed by atoms with van der Waals surface area (Å²) in [6, 6.07) is 18.6. The Morgan fingerprint density at radius 3 is 2.23 bits per heavy atom. The summed E-state index contributed by atoms with van der Waals surface area (Å²) >= 11 is 0. The summed E-state index contributed by atoms with van der Waals surface area (Å²) in [6.07, 6.45) is 4.02. The highest BCUT2D eigenvalue weighted by atomic mass is 16.2. The zero-order chi connectivity index (χ0) is 22.1. The van der Waals surface area contributed by atoms with Crippen molar-refractivity contribution in [2.75, 3.05) is 45.2 Å². The summed E-state index contributed by atoms with van der Waals surface area (Å²) in [5, 5.41) is 5.59. The van der Waals surface area contributed by atoms with Crippen LogP contribution in [0.3, 0.4) is 0 Å². The quantitative estimate of drug-likeness (QED) is 0.482. The summed E-state index contributed by atoms with van der Waals surface area (Å²) in [5.41, 5.74) is 3.54. The molecule has 2 amide bonds. The molecule has 1 aliphatic rings. The van der Waals surface area contributed by atoms with Crippen molar-refractivity contribution in [2.24, 2.45) is 0 Å². The number of benzene rings is 2. The van der Waals surface area contributed by atoms with Crippen LogP contribution in [0.2, 0.25) is 0 Å². The van der Waals surface area contributed by atoms with Gasteiger partial charge in [0, 0.05) is 32.9 Å². The number of carbonyl (C=O) groups excluding carboxylic acids is 2. The first kappa shape index (κ1) is 22.8. The second kappa shape index (κ2) is 11.5. The van der Waals surface area contributed by atoms with Crippen LogP contribution in [0.25, 0.3) is 0 Å². The maximum atomic E-state index is 12.4. The van der Waals surface area contributed by atoms with Gasteiger partial charge in [0.25, 0.3) is 0 Å². The lowest BCUT2D eigenvalue weighted by molar-refractivity contribution is -0.139. The van der Waals surface area contributed by atoms with Gasteiger partial charge in [-0.15, -0.1) is 0 Å². The molecule has 1 fully saturated rings. The number of aryl methyl sites for hydroxylation is 1. The Kier molecular flexibility index (Phi) is 8.47. The third-order valence-electron chi connectivity index (χ3n) is 5.81. The fraction of sp³-hybridized carbons (Fsp3) is 0.440. The minimum Gasteiger partial charge on any atom is -0.378 e. The SMILES string of the molecule is CN(C)c1ccc([C@@H](CNC(=O)C(=O)NCCCc2ccccc2)N2CCCC2)cc1. The van der Waals surface area contributed by atoms with Gasteiger partial charge >= 0.3 is 11.8 Å². The molecule has 31 heavy (non-hydrogen) atoms. The first-order valence-corrected chi connectivity index (χ1v) is 11.2. The highest BCUT2D eigenvalue weighted by Gasteiger charge is 2.25. The van der Waals surface area contributed by atoms with Crippen LogP contribution in [-0.2, 0) is 16.0 Å². The number of nitrogens with one attached hydrogen (secondary N) is 2. The Morgan fingerprint density at radius 2 is 1.58 bits per heavy atom. The first-order chi connectivity index (χ1) is 15.0. The Bertz CT molecular complexity index is 830. The van der Waals surface area contributed by atoms with Gasteiger partial charge in [0.05, 0.1) is 6.04 Å². The van der Waals surface area contributed by atoms with Crippen LogP contribution >= 0.6 is 0 Å². The van der Waals surface area contributed by atoms with E-state index in [-0.39, 0.29) is 6.04 Å². The molecule has 0 spiro atoms. The molecular formula is C25H34N4O2. The van der Waals surface area contributed by atoms with Crippen molar-refractivity contribution in [2.45, 2.75) is 31.7 Å². The van der Waals surface area contributed by atoms with Crippen LogP contribution in [0.1, 0.15) is 36.4 Å². The van der Waals surface area contributed by atoms with Crippen LogP contribution in [0.15, 0.2) is 54.6 Å². The number of hydrogen-bond acceptors (Lipinski definition) is 4. The fourth-order valence-electron chi connectivity index (χ4n) is 3.99. The summed E-state index contributed by atoms with van der Waals surface area (Å²) in [5.74, 6) is -1.12. The van der Waals surface area contributed by atoms with Crippen LogP contribution in [0.5, 0.6) is 0 Å². The largest absolute Gasteiger partial charge is 0.378 e. The molecule has 3 rings (SSSR count). The zero-order valence-electron chi connectivity index (χ0n) is 18.6. The summed E-state index contributed by atoms with van der Waals surface area (Å²) in [7, 11) is 4.04. The maximum absolute atomic E-state index is 12.4. The van der Waals surface area contributed by atoms with E-state index in [1.54, 1.807) is 0 Å². The molecule has 1 aliphatic heterocycles. The Balaban J connectivity index is 1.49. The van der Waals surface area contributed by atoms with Crippen molar-refractivity contribution in [3.8, 4) is 0 Å². The lowest BCUT2D eigenvalue weighted by Crippen LogP contribution is -2.44. The number of anilines is 1. The topological polar surface area (TPSA) is 64.7 Å². The molecule has 1 heterocycles. The van der Waals surface area contributed by atoms with E-state index < -0.39 is 11.8 Å². The third kappa shape index (κ3) is 6.82. The summed E-state index contributed by atoms with van der Waals surface area (Å²) < 4.78 is 0. The first-order valence-electron chi connectivity index (χ1n) is 11.2. The van der Waals surface area contributed by atoms with Gasteiger partial charge in [-0.2, -0.15) is 0 Å². The summed E-state index contributed by atoms with van der Waals surface area (Å²) in [4.78, 5) is 29.0. The van der Waals surface area contributed by atoms with E-state index in [0.29, 0.717) is 13.1 Å². The molecule has 0 bridgehead atoms. The Morgan fingerprint density at radius 1 is 0.935 bits per heavy atom. The molecule has 6 heteroatoms. The van der Waals surface area contributed by atoms with Crippen LogP contribution in [0.4, 0.5) is 5.69 Å². The molecule has 2 aromatic rings. The van der Waals surface area contributed by atoms with Gasteiger partial charge in [-0.05, 0) is 62.0 Å². The molecule has 166 valence electrons. The van der Waals surface area contributed by atoms with Gasteiger partial charge in [0.1, 0.15) is 0 Å². The van der Waals surface area contributed by atoms with Gasteiger partial charge in [-0.1, -0.05) is 42.5 Å². The third-order valence-corrected chi connectivity index (χ3v) is 5.81. The number of carbonyl (C=O) groups is 2. The lowest BCUT2D eigenvalue weighted by atomic mass is 10.0. The van der Waals surface area contributed by atoms with Crippen molar-refractivity contribution < 1.29 is 9.59 Å². The number of rotatable bonds is 9. The van der Waals surface area contributed by atoms with Crippen molar-refractivity contribution in [3.63, 3.8) is 0 Å². The van der Waals surface area contributed by atoms with E-state index in [1.165, 1.54) is 18.4 Å². The number of likely N-dealkylation sites (tertiary alicyclic amines) is 1. The normalized spacial score (nSPS) is 14.8. The minimum absolute atomic E-state index is 0.0774. The molecule has 0 unspecified atom stereocenters. The Hall–Kier alpha value is -2.86. The van der Waals surface area contributed by atoms with Gasteiger partial charge in [0.15, 0.2) is 0 Å². The van der Waals surface area contributed by atoms with E-state index in [9.17, 15) is 9.59 Å². The van der Waals surface area contributed by atoms with E-state index in [2.05, 4.69) is 56.8 Å². The second-order valence-corrected chi connectivity index (χ2v) is 8.30.